The highest BCUT2D eigenvalue weighted by molar-refractivity contribution is 7.89. The first kappa shape index (κ1) is 19.4. The molecule has 1 heterocycles. The van der Waals surface area contributed by atoms with Crippen LogP contribution in [0.25, 0.3) is 0 Å². The summed E-state index contributed by atoms with van der Waals surface area (Å²) >= 11 is 0. The number of sulfonamides is 1. The lowest BCUT2D eigenvalue weighted by atomic mass is 10.1. The SMILES string of the molecule is Cc1ccccc1S(=O)(=O)N1CCN(C(=O)c2ccc(F)c(F)c2F)CC1. The largest absolute Gasteiger partial charge is 0.336 e. The van der Waals surface area contributed by atoms with Gasteiger partial charge in [0.05, 0.1) is 10.5 Å². The Balaban J connectivity index is 1.75. The molecule has 144 valence electrons. The van der Waals surface area contributed by atoms with Gasteiger partial charge in [0.25, 0.3) is 5.91 Å². The van der Waals surface area contributed by atoms with Gasteiger partial charge in [-0.15, -0.1) is 0 Å². The van der Waals surface area contributed by atoms with Gasteiger partial charge in [0.1, 0.15) is 0 Å². The van der Waals surface area contributed by atoms with E-state index in [9.17, 15) is 26.4 Å². The third kappa shape index (κ3) is 3.57. The van der Waals surface area contributed by atoms with Crippen LogP contribution in [0.4, 0.5) is 13.2 Å². The molecule has 0 radical (unpaired) electrons. The Morgan fingerprint density at radius 3 is 2.19 bits per heavy atom. The molecule has 1 fully saturated rings. The molecule has 0 aliphatic carbocycles. The van der Waals surface area contributed by atoms with Gasteiger partial charge in [-0.25, -0.2) is 21.6 Å². The lowest BCUT2D eigenvalue weighted by Gasteiger charge is -2.34. The van der Waals surface area contributed by atoms with Crippen LogP contribution < -0.4 is 0 Å². The number of piperazine rings is 1. The van der Waals surface area contributed by atoms with Gasteiger partial charge < -0.3 is 4.90 Å². The predicted molar refractivity (Wildman–Crippen MR) is 92.2 cm³/mol. The fraction of sp³-hybridized carbons (Fsp3) is 0.278. The molecular weight excluding hydrogens is 381 g/mol. The van der Waals surface area contributed by atoms with Gasteiger partial charge in [-0.1, -0.05) is 18.2 Å². The Labute approximate surface area is 155 Å². The van der Waals surface area contributed by atoms with Crippen molar-refractivity contribution in [2.45, 2.75) is 11.8 Å². The molecule has 1 aliphatic rings. The number of aryl methyl sites for hydroxylation is 1. The molecule has 0 atom stereocenters. The minimum Gasteiger partial charge on any atom is -0.336 e. The Hall–Kier alpha value is -2.39. The molecule has 0 spiro atoms. The van der Waals surface area contributed by atoms with E-state index in [1.165, 1.54) is 15.3 Å². The van der Waals surface area contributed by atoms with Gasteiger partial charge in [0.2, 0.25) is 10.0 Å². The van der Waals surface area contributed by atoms with Crippen LogP contribution >= 0.6 is 0 Å². The molecular formula is C18H17F3N2O3S. The second-order valence-corrected chi connectivity index (χ2v) is 8.09. The summed E-state index contributed by atoms with van der Waals surface area (Å²) < 4.78 is 67.0. The Morgan fingerprint density at radius 1 is 0.926 bits per heavy atom. The van der Waals surface area contributed by atoms with E-state index < -0.39 is 38.9 Å². The average Bonchev–Trinajstić information content (AvgIpc) is 2.66. The van der Waals surface area contributed by atoms with Crippen molar-refractivity contribution < 1.29 is 26.4 Å². The highest BCUT2D eigenvalue weighted by Crippen LogP contribution is 2.22. The maximum atomic E-state index is 13.8. The van der Waals surface area contributed by atoms with Gasteiger partial charge in [-0.05, 0) is 30.7 Å². The van der Waals surface area contributed by atoms with Gasteiger partial charge >= 0.3 is 0 Å². The summed E-state index contributed by atoms with van der Waals surface area (Å²) in [5.41, 5.74) is 0.0315. The molecule has 0 unspecified atom stereocenters. The molecule has 0 bridgehead atoms. The molecule has 2 aromatic carbocycles. The first-order valence-electron chi connectivity index (χ1n) is 8.22. The summed E-state index contributed by atoms with van der Waals surface area (Å²) in [4.78, 5) is 13.8. The molecule has 0 saturated carbocycles. The van der Waals surface area contributed by atoms with Gasteiger partial charge in [-0.2, -0.15) is 4.31 Å². The minimum atomic E-state index is -3.72. The number of halogens is 3. The number of carbonyl (C=O) groups excluding carboxylic acids is 1. The van der Waals surface area contributed by atoms with Crippen LogP contribution in [0.15, 0.2) is 41.3 Å². The average molecular weight is 398 g/mol. The van der Waals surface area contributed by atoms with E-state index in [1.807, 2.05) is 0 Å². The second-order valence-electron chi connectivity index (χ2n) is 6.18. The Kier molecular flexibility index (Phi) is 5.25. The molecule has 9 heteroatoms. The molecule has 3 rings (SSSR count). The quantitative estimate of drug-likeness (QED) is 0.747. The molecule has 0 N–H and O–H groups in total. The molecule has 27 heavy (non-hydrogen) atoms. The zero-order valence-corrected chi connectivity index (χ0v) is 15.3. The second kappa shape index (κ2) is 7.32. The van der Waals surface area contributed by atoms with E-state index in [-0.39, 0.29) is 31.1 Å². The van der Waals surface area contributed by atoms with Crippen molar-refractivity contribution in [1.29, 1.82) is 0 Å². The number of hydrogen-bond acceptors (Lipinski definition) is 3. The van der Waals surface area contributed by atoms with Crippen LogP contribution in [0.2, 0.25) is 0 Å². The number of nitrogens with zero attached hydrogens (tertiary/aromatic N) is 2. The van der Waals surface area contributed by atoms with Crippen LogP contribution in [0.3, 0.4) is 0 Å². The molecule has 1 amide bonds. The number of amides is 1. The fourth-order valence-electron chi connectivity index (χ4n) is 2.98. The van der Waals surface area contributed by atoms with Crippen LogP contribution in [0, 0.1) is 24.4 Å². The Bertz CT molecular complexity index is 987. The highest BCUT2D eigenvalue weighted by Gasteiger charge is 2.32. The zero-order valence-electron chi connectivity index (χ0n) is 14.5. The van der Waals surface area contributed by atoms with Crippen molar-refractivity contribution in [1.82, 2.24) is 9.21 Å². The van der Waals surface area contributed by atoms with Crippen LogP contribution in [-0.2, 0) is 10.0 Å². The van der Waals surface area contributed by atoms with Crippen LogP contribution in [0.5, 0.6) is 0 Å². The van der Waals surface area contributed by atoms with Crippen molar-refractivity contribution in [3.8, 4) is 0 Å². The van der Waals surface area contributed by atoms with Crippen LogP contribution in [0.1, 0.15) is 15.9 Å². The number of benzene rings is 2. The molecule has 1 aliphatic heterocycles. The monoisotopic (exact) mass is 398 g/mol. The standard InChI is InChI=1S/C18H17F3N2O3S/c1-12-4-2-3-5-15(12)27(25,26)23-10-8-22(9-11-23)18(24)13-6-7-14(19)17(21)16(13)20/h2-7H,8-11H2,1H3. The van der Waals surface area contributed by atoms with Gasteiger partial charge in [0, 0.05) is 26.2 Å². The first-order valence-corrected chi connectivity index (χ1v) is 9.66. The summed E-state index contributed by atoms with van der Waals surface area (Å²) in [6, 6.07) is 8.14. The van der Waals surface area contributed by atoms with E-state index in [1.54, 1.807) is 25.1 Å². The summed E-state index contributed by atoms with van der Waals surface area (Å²) in [5.74, 6) is -5.44. The summed E-state index contributed by atoms with van der Waals surface area (Å²) in [6.45, 7) is 1.77. The smallest absolute Gasteiger partial charge is 0.257 e. The predicted octanol–water partition coefficient (Wildman–Crippen LogP) is 2.56. The molecule has 2 aromatic rings. The third-order valence-corrected chi connectivity index (χ3v) is 6.56. The normalized spacial score (nSPS) is 15.8. The number of hydrogen-bond donors (Lipinski definition) is 0. The van der Waals surface area contributed by atoms with Crippen molar-refractivity contribution in [3.63, 3.8) is 0 Å². The Morgan fingerprint density at radius 2 is 1.56 bits per heavy atom. The summed E-state index contributed by atoms with van der Waals surface area (Å²) in [5, 5.41) is 0. The lowest BCUT2D eigenvalue weighted by Crippen LogP contribution is -2.50. The maximum Gasteiger partial charge on any atom is 0.257 e. The maximum absolute atomic E-state index is 13.8. The van der Waals surface area contributed by atoms with Crippen molar-refractivity contribution in [2.75, 3.05) is 26.2 Å². The third-order valence-electron chi connectivity index (χ3n) is 4.50. The van der Waals surface area contributed by atoms with E-state index >= 15 is 0 Å². The molecule has 5 nitrogen and oxygen atoms in total. The number of rotatable bonds is 3. The summed E-state index contributed by atoms with van der Waals surface area (Å²) in [6.07, 6.45) is 0. The van der Waals surface area contributed by atoms with Crippen molar-refractivity contribution >= 4 is 15.9 Å². The summed E-state index contributed by atoms with van der Waals surface area (Å²) in [7, 11) is -3.72. The zero-order chi connectivity index (χ0) is 19.8. The van der Waals surface area contributed by atoms with E-state index in [4.69, 9.17) is 0 Å². The topological polar surface area (TPSA) is 57.7 Å². The lowest BCUT2D eigenvalue weighted by molar-refractivity contribution is 0.0691. The fourth-order valence-corrected chi connectivity index (χ4v) is 4.63. The van der Waals surface area contributed by atoms with E-state index in [0.717, 1.165) is 6.07 Å². The number of carbonyl (C=O) groups is 1. The van der Waals surface area contributed by atoms with Gasteiger partial charge in [0.15, 0.2) is 17.5 Å². The van der Waals surface area contributed by atoms with E-state index in [2.05, 4.69) is 0 Å². The van der Waals surface area contributed by atoms with Crippen molar-refractivity contribution in [2.24, 2.45) is 0 Å². The molecule has 1 saturated heterocycles. The van der Waals surface area contributed by atoms with Crippen LogP contribution in [-0.4, -0.2) is 49.7 Å². The minimum absolute atomic E-state index is 0.0163. The highest BCUT2D eigenvalue weighted by atomic mass is 32.2. The first-order chi connectivity index (χ1) is 12.7. The molecule has 0 aromatic heterocycles. The van der Waals surface area contributed by atoms with Crippen molar-refractivity contribution in [3.05, 3.63) is 65.0 Å². The van der Waals surface area contributed by atoms with Gasteiger partial charge in [-0.3, -0.25) is 4.79 Å². The van der Waals surface area contributed by atoms with E-state index in [0.29, 0.717) is 11.6 Å².